The lowest BCUT2D eigenvalue weighted by atomic mass is 9.96. The van der Waals surface area contributed by atoms with E-state index in [1.54, 1.807) is 12.3 Å². The summed E-state index contributed by atoms with van der Waals surface area (Å²) in [6.07, 6.45) is 2.29. The van der Waals surface area contributed by atoms with Gasteiger partial charge in [0, 0.05) is 31.5 Å². The van der Waals surface area contributed by atoms with E-state index in [1.807, 2.05) is 13.0 Å². The molecule has 0 radical (unpaired) electrons. The summed E-state index contributed by atoms with van der Waals surface area (Å²) in [6.45, 7) is 6.04. The van der Waals surface area contributed by atoms with Crippen molar-refractivity contribution >= 4 is 11.6 Å². The lowest BCUT2D eigenvalue weighted by molar-refractivity contribution is 0.0951. The minimum Gasteiger partial charge on any atom is -0.391 e. The molecule has 5 heteroatoms. The van der Waals surface area contributed by atoms with E-state index >= 15 is 0 Å². The highest BCUT2D eigenvalue weighted by Gasteiger charge is 2.24. The molecule has 2 heterocycles. The molecule has 104 valence electrons. The summed E-state index contributed by atoms with van der Waals surface area (Å²) in [4.78, 5) is 17.9. The highest BCUT2D eigenvalue weighted by Crippen LogP contribution is 2.23. The molecule has 2 atom stereocenters. The second kappa shape index (κ2) is 6.02. The molecule has 1 aliphatic rings. The van der Waals surface area contributed by atoms with E-state index in [0.717, 1.165) is 18.7 Å². The van der Waals surface area contributed by atoms with Crippen molar-refractivity contribution in [3.63, 3.8) is 0 Å². The SMILES string of the molecule is CCNC(=O)c1cc(N2CCC(C)C(O)C2)ccn1. The third-order valence-corrected chi connectivity index (χ3v) is 3.60. The Morgan fingerprint density at radius 2 is 2.42 bits per heavy atom. The standard InChI is InChI=1S/C14H21N3O2/c1-3-15-14(19)12-8-11(4-6-16-12)17-7-5-10(2)13(18)9-17/h4,6,8,10,13,18H,3,5,7,9H2,1-2H3,(H,15,19). The van der Waals surface area contributed by atoms with Gasteiger partial charge >= 0.3 is 0 Å². The number of hydrogen-bond donors (Lipinski definition) is 2. The van der Waals surface area contributed by atoms with Crippen LogP contribution in [0.4, 0.5) is 5.69 Å². The summed E-state index contributed by atoms with van der Waals surface area (Å²) >= 11 is 0. The molecule has 2 unspecified atom stereocenters. The zero-order valence-electron chi connectivity index (χ0n) is 11.5. The Kier molecular flexibility index (Phi) is 4.37. The first-order valence-corrected chi connectivity index (χ1v) is 6.79. The van der Waals surface area contributed by atoms with E-state index in [1.165, 1.54) is 0 Å². The Morgan fingerprint density at radius 1 is 1.63 bits per heavy atom. The third kappa shape index (κ3) is 3.23. The van der Waals surface area contributed by atoms with E-state index in [9.17, 15) is 9.90 Å². The van der Waals surface area contributed by atoms with Crippen LogP contribution in [0.3, 0.4) is 0 Å². The average Bonchev–Trinajstić information content (AvgIpc) is 2.42. The fraction of sp³-hybridized carbons (Fsp3) is 0.571. The van der Waals surface area contributed by atoms with Gasteiger partial charge in [-0.15, -0.1) is 0 Å². The fourth-order valence-electron chi connectivity index (χ4n) is 2.27. The minimum absolute atomic E-state index is 0.157. The molecule has 1 amide bonds. The summed E-state index contributed by atoms with van der Waals surface area (Å²) in [5.74, 6) is 0.177. The van der Waals surface area contributed by atoms with Gasteiger partial charge in [0.25, 0.3) is 5.91 Å². The van der Waals surface area contributed by atoms with Gasteiger partial charge < -0.3 is 15.3 Å². The van der Waals surface area contributed by atoms with Gasteiger partial charge in [0.15, 0.2) is 0 Å². The third-order valence-electron chi connectivity index (χ3n) is 3.60. The maximum atomic E-state index is 11.8. The van der Waals surface area contributed by atoms with E-state index in [4.69, 9.17) is 0 Å². The van der Waals surface area contributed by atoms with Crippen LogP contribution in [0.5, 0.6) is 0 Å². The van der Waals surface area contributed by atoms with Gasteiger partial charge in [0.2, 0.25) is 0 Å². The average molecular weight is 263 g/mol. The molecule has 1 aliphatic heterocycles. The second-order valence-corrected chi connectivity index (χ2v) is 5.04. The van der Waals surface area contributed by atoms with Crippen LogP contribution in [0.1, 0.15) is 30.8 Å². The smallest absolute Gasteiger partial charge is 0.269 e. The number of nitrogens with zero attached hydrogens (tertiary/aromatic N) is 2. The van der Waals surface area contributed by atoms with Crippen molar-refractivity contribution < 1.29 is 9.90 Å². The number of carbonyl (C=O) groups is 1. The Bertz CT molecular complexity index is 450. The van der Waals surface area contributed by atoms with Gasteiger partial charge in [0.1, 0.15) is 5.69 Å². The largest absolute Gasteiger partial charge is 0.391 e. The maximum absolute atomic E-state index is 11.8. The lowest BCUT2D eigenvalue weighted by Crippen LogP contribution is -2.43. The first kappa shape index (κ1) is 13.8. The molecule has 1 aromatic heterocycles. The zero-order chi connectivity index (χ0) is 13.8. The van der Waals surface area contributed by atoms with Crippen LogP contribution in [-0.4, -0.2) is 41.7 Å². The van der Waals surface area contributed by atoms with Gasteiger partial charge in [-0.3, -0.25) is 9.78 Å². The molecule has 0 aromatic carbocycles. The van der Waals surface area contributed by atoms with Gasteiger partial charge in [-0.1, -0.05) is 6.92 Å². The Labute approximate surface area is 113 Å². The number of hydrogen-bond acceptors (Lipinski definition) is 4. The maximum Gasteiger partial charge on any atom is 0.269 e. The molecule has 0 spiro atoms. The molecule has 1 saturated heterocycles. The minimum atomic E-state index is -0.310. The van der Waals surface area contributed by atoms with E-state index < -0.39 is 0 Å². The van der Waals surface area contributed by atoms with Gasteiger partial charge in [-0.05, 0) is 31.4 Å². The number of aliphatic hydroxyl groups excluding tert-OH is 1. The quantitative estimate of drug-likeness (QED) is 0.855. The van der Waals surface area contributed by atoms with E-state index in [2.05, 4.69) is 22.1 Å². The van der Waals surface area contributed by atoms with Crippen LogP contribution in [-0.2, 0) is 0 Å². The van der Waals surface area contributed by atoms with Crippen LogP contribution >= 0.6 is 0 Å². The Morgan fingerprint density at radius 3 is 3.11 bits per heavy atom. The molecule has 2 N–H and O–H groups in total. The first-order valence-electron chi connectivity index (χ1n) is 6.79. The molecule has 0 saturated carbocycles. The Balaban J connectivity index is 2.12. The van der Waals surface area contributed by atoms with Crippen LogP contribution in [0.25, 0.3) is 0 Å². The molecule has 19 heavy (non-hydrogen) atoms. The monoisotopic (exact) mass is 263 g/mol. The molecular weight excluding hydrogens is 242 g/mol. The van der Waals surface area contributed by atoms with E-state index in [-0.39, 0.29) is 12.0 Å². The fourth-order valence-corrected chi connectivity index (χ4v) is 2.27. The molecular formula is C14H21N3O2. The summed E-state index contributed by atoms with van der Waals surface area (Å²) < 4.78 is 0. The van der Waals surface area contributed by atoms with E-state index in [0.29, 0.717) is 24.7 Å². The summed E-state index contributed by atoms with van der Waals surface area (Å²) in [6, 6.07) is 3.67. The molecule has 5 nitrogen and oxygen atoms in total. The lowest BCUT2D eigenvalue weighted by Gasteiger charge is -2.35. The molecule has 2 rings (SSSR count). The number of amides is 1. The van der Waals surface area contributed by atoms with Gasteiger partial charge in [-0.25, -0.2) is 0 Å². The number of aliphatic hydroxyl groups is 1. The predicted octanol–water partition coefficient (Wildman–Crippen LogP) is 1.04. The van der Waals surface area contributed by atoms with Crippen molar-refractivity contribution in [1.29, 1.82) is 0 Å². The van der Waals surface area contributed by atoms with Crippen molar-refractivity contribution in [2.75, 3.05) is 24.5 Å². The molecule has 1 aromatic rings. The summed E-state index contributed by atoms with van der Waals surface area (Å²) in [7, 11) is 0. The van der Waals surface area contributed by atoms with Gasteiger partial charge in [-0.2, -0.15) is 0 Å². The number of nitrogens with one attached hydrogen (secondary N) is 1. The van der Waals surface area contributed by atoms with Crippen LogP contribution in [0, 0.1) is 5.92 Å². The zero-order valence-corrected chi connectivity index (χ0v) is 11.5. The van der Waals surface area contributed by atoms with Crippen LogP contribution in [0.15, 0.2) is 18.3 Å². The Hall–Kier alpha value is -1.62. The van der Waals surface area contributed by atoms with Crippen molar-refractivity contribution in [2.45, 2.75) is 26.4 Å². The van der Waals surface area contributed by atoms with Gasteiger partial charge in [0.05, 0.1) is 6.10 Å². The number of anilines is 1. The highest BCUT2D eigenvalue weighted by atomic mass is 16.3. The molecule has 0 aliphatic carbocycles. The molecule has 0 bridgehead atoms. The van der Waals surface area contributed by atoms with Crippen molar-refractivity contribution in [1.82, 2.24) is 10.3 Å². The summed E-state index contributed by atoms with van der Waals surface area (Å²) in [5.41, 5.74) is 1.37. The van der Waals surface area contributed by atoms with Crippen molar-refractivity contribution in [3.8, 4) is 0 Å². The normalized spacial score (nSPS) is 23.2. The highest BCUT2D eigenvalue weighted by molar-refractivity contribution is 5.93. The number of rotatable bonds is 3. The van der Waals surface area contributed by atoms with Crippen LogP contribution < -0.4 is 10.2 Å². The first-order chi connectivity index (χ1) is 9.11. The predicted molar refractivity (Wildman–Crippen MR) is 74.2 cm³/mol. The second-order valence-electron chi connectivity index (χ2n) is 5.04. The van der Waals surface area contributed by atoms with Crippen molar-refractivity contribution in [2.24, 2.45) is 5.92 Å². The topological polar surface area (TPSA) is 65.5 Å². The van der Waals surface area contributed by atoms with Crippen molar-refractivity contribution in [3.05, 3.63) is 24.0 Å². The number of pyridine rings is 1. The number of β-amino-alcohol motifs (C(OH)–C–C–N with tert-alkyl or cyclic N) is 1. The summed E-state index contributed by atoms with van der Waals surface area (Å²) in [5, 5.41) is 12.7. The van der Waals surface area contributed by atoms with Crippen LogP contribution in [0.2, 0.25) is 0 Å². The number of carbonyl (C=O) groups excluding carboxylic acids is 1. The molecule has 1 fully saturated rings. The number of aromatic nitrogens is 1. The number of piperidine rings is 1.